The van der Waals surface area contributed by atoms with Gasteiger partial charge in [0.1, 0.15) is 11.5 Å². The van der Waals surface area contributed by atoms with Crippen molar-refractivity contribution in [2.45, 2.75) is 19.9 Å². The van der Waals surface area contributed by atoms with E-state index in [4.69, 9.17) is 9.47 Å². The summed E-state index contributed by atoms with van der Waals surface area (Å²) in [6.07, 6.45) is 0.917. The van der Waals surface area contributed by atoms with Crippen molar-refractivity contribution >= 4 is 27.8 Å². The van der Waals surface area contributed by atoms with Crippen LogP contribution in [0.3, 0.4) is 0 Å². The van der Waals surface area contributed by atoms with E-state index in [9.17, 15) is 4.79 Å². The fourth-order valence-corrected chi connectivity index (χ4v) is 3.13. The Labute approximate surface area is 153 Å². The van der Waals surface area contributed by atoms with Gasteiger partial charge in [0.15, 0.2) is 0 Å². The number of benzene rings is 2. The Morgan fingerprint density at radius 2 is 1.46 bits per heavy atom. The monoisotopic (exact) mass is 355 g/mol. The number of nitrogens with one attached hydrogen (secondary N) is 2. The van der Waals surface area contributed by atoms with Crippen LogP contribution in [0.15, 0.2) is 36.4 Å². The Morgan fingerprint density at radius 3 is 1.96 bits per heavy atom. The number of rotatable bonds is 7. The van der Waals surface area contributed by atoms with Gasteiger partial charge in [0.2, 0.25) is 0 Å². The molecule has 0 fully saturated rings. The highest BCUT2D eigenvalue weighted by Gasteiger charge is 2.12. The van der Waals surface area contributed by atoms with Gasteiger partial charge in [-0.15, -0.1) is 0 Å². The average molecular weight is 355 g/mol. The summed E-state index contributed by atoms with van der Waals surface area (Å²) >= 11 is 0. The fraction of sp³-hybridized carbons (Fsp3) is 0.350. The van der Waals surface area contributed by atoms with Crippen molar-refractivity contribution in [1.82, 2.24) is 15.2 Å². The molecule has 26 heavy (non-hydrogen) atoms. The number of amides is 2. The number of nitrogens with zero attached hydrogens (tertiary/aromatic N) is 1. The van der Waals surface area contributed by atoms with Crippen molar-refractivity contribution < 1.29 is 14.3 Å². The average Bonchev–Trinajstić information content (AvgIpc) is 2.98. The van der Waals surface area contributed by atoms with Gasteiger partial charge in [-0.05, 0) is 30.7 Å². The van der Waals surface area contributed by atoms with Crippen LogP contribution >= 0.6 is 0 Å². The number of urea groups is 1. The molecule has 0 radical (unpaired) electrons. The van der Waals surface area contributed by atoms with Gasteiger partial charge in [-0.3, -0.25) is 0 Å². The number of hydrogen-bond donors (Lipinski definition) is 2. The van der Waals surface area contributed by atoms with E-state index in [2.05, 4.69) is 27.3 Å². The third-order valence-electron chi connectivity index (χ3n) is 4.44. The van der Waals surface area contributed by atoms with Crippen molar-refractivity contribution in [2.75, 3.05) is 27.3 Å². The second-order valence-corrected chi connectivity index (χ2v) is 6.10. The van der Waals surface area contributed by atoms with E-state index in [1.54, 1.807) is 14.2 Å². The Morgan fingerprint density at radius 1 is 0.923 bits per heavy atom. The van der Waals surface area contributed by atoms with E-state index in [1.165, 1.54) is 0 Å². The summed E-state index contributed by atoms with van der Waals surface area (Å²) in [5, 5.41) is 8.04. The largest absolute Gasteiger partial charge is 0.497 e. The fourth-order valence-electron chi connectivity index (χ4n) is 3.13. The normalized spacial score (nSPS) is 10.9. The van der Waals surface area contributed by atoms with Crippen LogP contribution in [0.25, 0.3) is 21.8 Å². The third-order valence-corrected chi connectivity index (χ3v) is 4.44. The molecule has 0 atom stereocenters. The molecule has 0 saturated heterocycles. The third kappa shape index (κ3) is 3.54. The standard InChI is InChI=1S/C20H25N3O3/c1-4-9-21-20(24)22-10-11-23-18-12-14(25-2)5-7-16(18)17-8-6-15(26-3)13-19(17)23/h5-8,12-13H,4,9-11H2,1-3H3,(H2,21,22,24). The first kappa shape index (κ1) is 17.9. The molecule has 1 aromatic heterocycles. The van der Waals surface area contributed by atoms with Crippen LogP contribution in [0.4, 0.5) is 4.79 Å². The Hall–Kier alpha value is -2.89. The maximum Gasteiger partial charge on any atom is 0.314 e. The maximum absolute atomic E-state index is 11.8. The highest BCUT2D eigenvalue weighted by molar-refractivity contribution is 6.08. The van der Waals surface area contributed by atoms with E-state index < -0.39 is 0 Å². The summed E-state index contributed by atoms with van der Waals surface area (Å²) in [5.41, 5.74) is 2.15. The molecule has 3 rings (SSSR count). The first-order chi connectivity index (χ1) is 12.7. The van der Waals surface area contributed by atoms with Crippen LogP contribution in [-0.4, -0.2) is 37.9 Å². The highest BCUT2D eigenvalue weighted by Crippen LogP contribution is 2.33. The Balaban J connectivity index is 1.95. The van der Waals surface area contributed by atoms with Gasteiger partial charge in [0.05, 0.1) is 25.3 Å². The molecule has 0 aliphatic rings. The lowest BCUT2D eigenvalue weighted by molar-refractivity contribution is 0.240. The van der Waals surface area contributed by atoms with Gasteiger partial charge in [0.25, 0.3) is 0 Å². The molecule has 0 aliphatic heterocycles. The van der Waals surface area contributed by atoms with Crippen molar-refractivity contribution in [3.8, 4) is 11.5 Å². The van der Waals surface area contributed by atoms with E-state index in [0.717, 1.165) is 39.7 Å². The molecule has 0 unspecified atom stereocenters. The molecule has 0 bridgehead atoms. The van der Waals surface area contributed by atoms with Gasteiger partial charge in [-0.2, -0.15) is 0 Å². The molecule has 2 N–H and O–H groups in total. The van der Waals surface area contributed by atoms with Crippen LogP contribution in [0.2, 0.25) is 0 Å². The first-order valence-electron chi connectivity index (χ1n) is 8.83. The number of aromatic nitrogens is 1. The van der Waals surface area contributed by atoms with E-state index in [-0.39, 0.29) is 6.03 Å². The highest BCUT2D eigenvalue weighted by atomic mass is 16.5. The smallest absolute Gasteiger partial charge is 0.314 e. The zero-order chi connectivity index (χ0) is 18.5. The lowest BCUT2D eigenvalue weighted by Crippen LogP contribution is -2.37. The maximum atomic E-state index is 11.8. The second kappa shape index (κ2) is 7.99. The number of carbonyl (C=O) groups excluding carboxylic acids is 1. The topological polar surface area (TPSA) is 64.5 Å². The van der Waals surface area contributed by atoms with Crippen molar-refractivity contribution in [1.29, 1.82) is 0 Å². The van der Waals surface area contributed by atoms with Gasteiger partial charge in [0, 0.05) is 42.5 Å². The quantitative estimate of drug-likeness (QED) is 0.681. The summed E-state index contributed by atoms with van der Waals surface area (Å²) in [4.78, 5) is 11.8. The molecule has 0 spiro atoms. The van der Waals surface area contributed by atoms with Crippen LogP contribution in [0.5, 0.6) is 11.5 Å². The zero-order valence-corrected chi connectivity index (χ0v) is 15.5. The number of carbonyl (C=O) groups is 1. The Bertz CT molecular complexity index is 856. The molecule has 2 aromatic carbocycles. The van der Waals surface area contributed by atoms with E-state index >= 15 is 0 Å². The zero-order valence-electron chi connectivity index (χ0n) is 15.5. The first-order valence-corrected chi connectivity index (χ1v) is 8.83. The van der Waals surface area contributed by atoms with Crippen molar-refractivity contribution in [3.63, 3.8) is 0 Å². The van der Waals surface area contributed by atoms with Crippen LogP contribution in [0, 0.1) is 0 Å². The molecule has 6 nitrogen and oxygen atoms in total. The van der Waals surface area contributed by atoms with Crippen LogP contribution < -0.4 is 20.1 Å². The molecule has 0 aliphatic carbocycles. The number of hydrogen-bond acceptors (Lipinski definition) is 3. The lowest BCUT2D eigenvalue weighted by atomic mass is 10.1. The SMILES string of the molecule is CCCNC(=O)NCCn1c2cc(OC)ccc2c2ccc(OC)cc21. The number of methoxy groups -OCH3 is 2. The minimum absolute atomic E-state index is 0.136. The van der Waals surface area contributed by atoms with Gasteiger partial charge < -0.3 is 24.7 Å². The van der Waals surface area contributed by atoms with Crippen LogP contribution in [0.1, 0.15) is 13.3 Å². The van der Waals surface area contributed by atoms with Gasteiger partial charge in [-0.1, -0.05) is 6.92 Å². The Kier molecular flexibility index (Phi) is 5.51. The lowest BCUT2D eigenvalue weighted by Gasteiger charge is -2.11. The minimum atomic E-state index is -0.136. The molecule has 138 valence electrons. The molecular weight excluding hydrogens is 330 g/mol. The van der Waals surface area contributed by atoms with Gasteiger partial charge in [-0.25, -0.2) is 4.79 Å². The van der Waals surface area contributed by atoms with Crippen LogP contribution in [-0.2, 0) is 6.54 Å². The van der Waals surface area contributed by atoms with Crippen molar-refractivity contribution in [2.24, 2.45) is 0 Å². The number of fused-ring (bicyclic) bond motifs is 3. The van der Waals surface area contributed by atoms with Gasteiger partial charge >= 0.3 is 6.03 Å². The molecule has 0 saturated carbocycles. The molecule has 1 heterocycles. The van der Waals surface area contributed by atoms with E-state index in [1.807, 2.05) is 31.2 Å². The summed E-state index contributed by atoms with van der Waals surface area (Å²) in [6.45, 7) is 3.89. The molecule has 6 heteroatoms. The van der Waals surface area contributed by atoms with Crippen molar-refractivity contribution in [3.05, 3.63) is 36.4 Å². The summed E-state index contributed by atoms with van der Waals surface area (Å²) in [7, 11) is 3.33. The molecular formula is C20H25N3O3. The predicted octanol–water partition coefficient (Wildman–Crippen LogP) is 3.52. The summed E-state index contributed by atoms with van der Waals surface area (Å²) in [6, 6.07) is 12.0. The van der Waals surface area contributed by atoms with E-state index in [0.29, 0.717) is 19.6 Å². The summed E-state index contributed by atoms with van der Waals surface area (Å²) < 4.78 is 13.0. The number of ether oxygens (including phenoxy) is 2. The summed E-state index contributed by atoms with van der Waals surface area (Å²) in [5.74, 6) is 1.62. The second-order valence-electron chi connectivity index (χ2n) is 6.10. The predicted molar refractivity (Wildman–Crippen MR) is 104 cm³/mol. The molecule has 3 aromatic rings. The molecule has 2 amide bonds. The minimum Gasteiger partial charge on any atom is -0.497 e.